The predicted octanol–water partition coefficient (Wildman–Crippen LogP) is 12.1. The van der Waals surface area contributed by atoms with Gasteiger partial charge in [0.25, 0.3) is 0 Å². The van der Waals surface area contributed by atoms with Crippen LogP contribution >= 0.6 is 0 Å². The van der Waals surface area contributed by atoms with Gasteiger partial charge in [0.05, 0.1) is 0 Å². The molecule has 1 atom stereocenters. The van der Waals surface area contributed by atoms with E-state index >= 15 is 0 Å². The van der Waals surface area contributed by atoms with E-state index in [0.717, 1.165) is 28.4 Å². The molecule has 0 aliphatic heterocycles. The molecule has 1 aliphatic rings. The quantitative estimate of drug-likeness (QED) is 0.209. The maximum absolute atomic E-state index is 6.20. The van der Waals surface area contributed by atoms with Crippen LogP contribution in [0.25, 0.3) is 82.9 Å². The number of benzene rings is 7. The van der Waals surface area contributed by atoms with Gasteiger partial charge in [0, 0.05) is 10.8 Å². The fourth-order valence-electron chi connectivity index (χ4n) is 7.45. The first-order valence-corrected chi connectivity index (χ1v) is 15.5. The fraction of sp³-hybridized carbons (Fsp3) is 0.0698. The molecule has 44 heavy (non-hydrogen) atoms. The SMILES string of the molecule is CC1C=Cc2c(c(-c3ccc(-c4ccccc4)c4ccccc34)c3ccccc3c2-c2ccc3oc4ccccc4c3c2)C1. The fourth-order valence-corrected chi connectivity index (χ4v) is 7.45. The van der Waals surface area contributed by atoms with E-state index in [4.69, 9.17) is 4.42 Å². The Kier molecular flexibility index (Phi) is 5.61. The maximum Gasteiger partial charge on any atom is 0.135 e. The molecule has 1 unspecified atom stereocenters. The van der Waals surface area contributed by atoms with Crippen molar-refractivity contribution >= 4 is 49.6 Å². The number of furan rings is 1. The standard InChI is InChI=1S/C43H30O/c1-27-19-21-37-39(25-27)43(36-23-22-30(28-11-3-2-4-12-28)31-13-5-6-14-32(31)36)35-17-8-7-16-34(35)42(37)29-20-24-41-38(26-29)33-15-9-10-18-40(33)44-41/h2-24,26-27H,25H2,1H3. The van der Waals surface area contributed by atoms with E-state index in [2.05, 4.69) is 146 Å². The largest absolute Gasteiger partial charge is 0.456 e. The van der Waals surface area contributed by atoms with E-state index in [1.54, 1.807) is 0 Å². The second-order valence-electron chi connectivity index (χ2n) is 12.1. The first-order valence-electron chi connectivity index (χ1n) is 15.5. The normalized spacial score (nSPS) is 14.5. The van der Waals surface area contributed by atoms with Crippen LogP contribution in [-0.4, -0.2) is 0 Å². The molecule has 1 aliphatic carbocycles. The van der Waals surface area contributed by atoms with Crippen LogP contribution in [0.1, 0.15) is 18.1 Å². The van der Waals surface area contributed by atoms with E-state index in [9.17, 15) is 0 Å². The van der Waals surface area contributed by atoms with Crippen LogP contribution in [0.3, 0.4) is 0 Å². The van der Waals surface area contributed by atoms with E-state index in [-0.39, 0.29) is 0 Å². The van der Waals surface area contributed by atoms with Gasteiger partial charge in [0.15, 0.2) is 0 Å². The van der Waals surface area contributed by atoms with Crippen molar-refractivity contribution in [2.75, 3.05) is 0 Å². The molecule has 0 radical (unpaired) electrons. The third kappa shape index (κ3) is 3.79. The van der Waals surface area contributed by atoms with Crippen molar-refractivity contribution in [1.82, 2.24) is 0 Å². The van der Waals surface area contributed by atoms with Gasteiger partial charge in [-0.3, -0.25) is 0 Å². The molecule has 208 valence electrons. The summed E-state index contributed by atoms with van der Waals surface area (Å²) in [6.45, 7) is 2.33. The Bertz CT molecular complexity index is 2420. The van der Waals surface area contributed by atoms with Gasteiger partial charge in [-0.2, -0.15) is 0 Å². The summed E-state index contributed by atoms with van der Waals surface area (Å²) >= 11 is 0. The van der Waals surface area contributed by atoms with Gasteiger partial charge in [0.2, 0.25) is 0 Å². The second kappa shape index (κ2) is 9.82. The van der Waals surface area contributed by atoms with Crippen molar-refractivity contribution in [2.24, 2.45) is 5.92 Å². The summed E-state index contributed by atoms with van der Waals surface area (Å²) in [4.78, 5) is 0. The van der Waals surface area contributed by atoms with Crippen LogP contribution in [0, 0.1) is 5.92 Å². The van der Waals surface area contributed by atoms with Crippen LogP contribution in [0.5, 0.6) is 0 Å². The lowest BCUT2D eigenvalue weighted by Crippen LogP contribution is -2.08. The lowest BCUT2D eigenvalue weighted by molar-refractivity contribution is 0.669. The molecule has 1 heteroatoms. The molecular weight excluding hydrogens is 532 g/mol. The molecule has 0 bridgehead atoms. The molecule has 7 aromatic carbocycles. The van der Waals surface area contributed by atoms with Crippen LogP contribution in [-0.2, 0) is 6.42 Å². The molecular formula is C43H30O. The van der Waals surface area contributed by atoms with Crippen LogP contribution in [0.15, 0.2) is 144 Å². The highest BCUT2D eigenvalue weighted by Gasteiger charge is 2.25. The molecule has 0 N–H and O–H groups in total. The number of rotatable bonds is 3. The maximum atomic E-state index is 6.20. The molecule has 0 amide bonds. The summed E-state index contributed by atoms with van der Waals surface area (Å²) < 4.78 is 6.20. The van der Waals surface area contributed by atoms with Gasteiger partial charge in [-0.1, -0.05) is 134 Å². The van der Waals surface area contributed by atoms with E-state index in [1.165, 1.54) is 66.1 Å². The monoisotopic (exact) mass is 562 g/mol. The van der Waals surface area contributed by atoms with Crippen molar-refractivity contribution in [3.8, 4) is 33.4 Å². The Hall–Kier alpha value is -5.40. The lowest BCUT2D eigenvalue weighted by Gasteiger charge is -2.26. The minimum Gasteiger partial charge on any atom is -0.456 e. The zero-order valence-corrected chi connectivity index (χ0v) is 24.5. The summed E-state index contributed by atoms with van der Waals surface area (Å²) in [5, 5.41) is 7.49. The average molecular weight is 563 g/mol. The number of para-hydroxylation sites is 1. The molecule has 0 saturated heterocycles. The first-order chi connectivity index (χ1) is 21.7. The zero-order chi connectivity index (χ0) is 29.2. The minimum absolute atomic E-state index is 0.463. The number of hydrogen-bond donors (Lipinski definition) is 0. The Labute approximate surface area is 256 Å². The third-order valence-electron chi connectivity index (χ3n) is 9.42. The molecule has 0 fully saturated rings. The smallest absolute Gasteiger partial charge is 0.135 e. The highest BCUT2D eigenvalue weighted by Crippen LogP contribution is 2.48. The molecule has 1 heterocycles. The molecule has 0 saturated carbocycles. The second-order valence-corrected chi connectivity index (χ2v) is 12.1. The summed E-state index contributed by atoms with van der Waals surface area (Å²) in [6, 6.07) is 48.4. The number of hydrogen-bond acceptors (Lipinski definition) is 1. The highest BCUT2D eigenvalue weighted by molar-refractivity contribution is 6.16. The minimum atomic E-state index is 0.463. The Morgan fingerprint density at radius 1 is 0.500 bits per heavy atom. The van der Waals surface area contributed by atoms with Gasteiger partial charge >= 0.3 is 0 Å². The molecule has 8 aromatic rings. The number of fused-ring (bicyclic) bond motifs is 6. The van der Waals surface area contributed by atoms with Crippen molar-refractivity contribution in [2.45, 2.75) is 13.3 Å². The third-order valence-corrected chi connectivity index (χ3v) is 9.42. The van der Waals surface area contributed by atoms with E-state index in [1.807, 2.05) is 6.07 Å². The summed E-state index contributed by atoms with van der Waals surface area (Å²) in [5.41, 5.74) is 12.3. The Balaban J connectivity index is 1.37. The highest BCUT2D eigenvalue weighted by atomic mass is 16.3. The number of allylic oxidation sites excluding steroid dienone is 1. The zero-order valence-electron chi connectivity index (χ0n) is 24.5. The van der Waals surface area contributed by atoms with Crippen molar-refractivity contribution < 1.29 is 4.42 Å². The van der Waals surface area contributed by atoms with Gasteiger partial charge in [-0.25, -0.2) is 0 Å². The van der Waals surface area contributed by atoms with Gasteiger partial charge in [-0.15, -0.1) is 0 Å². The van der Waals surface area contributed by atoms with Crippen molar-refractivity contribution in [1.29, 1.82) is 0 Å². The van der Waals surface area contributed by atoms with Crippen molar-refractivity contribution in [3.05, 3.63) is 151 Å². The predicted molar refractivity (Wildman–Crippen MR) is 187 cm³/mol. The molecule has 0 spiro atoms. The average Bonchev–Trinajstić information content (AvgIpc) is 3.45. The van der Waals surface area contributed by atoms with Crippen LogP contribution in [0.2, 0.25) is 0 Å². The topological polar surface area (TPSA) is 13.1 Å². The van der Waals surface area contributed by atoms with E-state index < -0.39 is 0 Å². The van der Waals surface area contributed by atoms with Crippen molar-refractivity contribution in [3.63, 3.8) is 0 Å². The Morgan fingerprint density at radius 3 is 1.91 bits per heavy atom. The molecule has 9 rings (SSSR count). The van der Waals surface area contributed by atoms with Gasteiger partial charge < -0.3 is 4.42 Å². The Morgan fingerprint density at radius 2 is 1.11 bits per heavy atom. The van der Waals surface area contributed by atoms with E-state index in [0.29, 0.717) is 5.92 Å². The summed E-state index contributed by atoms with van der Waals surface area (Å²) in [5.74, 6) is 0.463. The molecule has 1 nitrogen and oxygen atoms in total. The van der Waals surface area contributed by atoms with Gasteiger partial charge in [-0.05, 0) is 96.6 Å². The van der Waals surface area contributed by atoms with Crippen LogP contribution < -0.4 is 0 Å². The lowest BCUT2D eigenvalue weighted by atomic mass is 9.77. The van der Waals surface area contributed by atoms with Gasteiger partial charge in [0.1, 0.15) is 11.2 Å². The first kappa shape index (κ1) is 25.1. The van der Waals surface area contributed by atoms with Crippen LogP contribution in [0.4, 0.5) is 0 Å². The summed E-state index contributed by atoms with van der Waals surface area (Å²) in [7, 11) is 0. The molecule has 1 aromatic heterocycles. The summed E-state index contributed by atoms with van der Waals surface area (Å²) in [6.07, 6.45) is 5.77.